The second-order valence-corrected chi connectivity index (χ2v) is 13.2. The highest BCUT2D eigenvalue weighted by Gasteiger charge is 2.19. The van der Waals surface area contributed by atoms with Gasteiger partial charge >= 0.3 is 5.97 Å². The molecule has 0 aliphatic carbocycles. The summed E-state index contributed by atoms with van der Waals surface area (Å²) in [6, 6.07) is 37.8. The van der Waals surface area contributed by atoms with Gasteiger partial charge in [0.05, 0.1) is 16.6 Å². The Morgan fingerprint density at radius 2 is 1.54 bits per heavy atom. The van der Waals surface area contributed by atoms with Crippen LogP contribution in [0.3, 0.4) is 0 Å². The number of rotatable bonds is 13. The van der Waals surface area contributed by atoms with Gasteiger partial charge in [-0.15, -0.1) is 0 Å². The lowest BCUT2D eigenvalue weighted by atomic mass is 9.98. The molecule has 1 atom stereocenters. The molecule has 6 nitrogen and oxygen atoms in total. The van der Waals surface area contributed by atoms with Gasteiger partial charge in [-0.2, -0.15) is 12.6 Å². The number of nitrogens with one attached hydrogen (secondary N) is 1. The summed E-state index contributed by atoms with van der Waals surface area (Å²) in [7, 11) is 0. The SMILES string of the molecule is CCCc1nc2c(C)cc(C(=O)N[C@@H](CS)Cc3ccccc3)cc2n1Cc1ccc(-c2ccccc2C(=O)OCc2ccc(C)cc2)cc1. The molecule has 1 heterocycles. The van der Waals surface area contributed by atoms with Crippen molar-refractivity contribution in [1.82, 2.24) is 14.9 Å². The Hall–Kier alpha value is -5.14. The average Bonchev–Trinajstić information content (AvgIpc) is 3.48. The third kappa shape index (κ3) is 8.17. The fourth-order valence-corrected chi connectivity index (χ4v) is 6.51. The lowest BCUT2D eigenvalue weighted by molar-refractivity contribution is 0.0473. The van der Waals surface area contributed by atoms with E-state index < -0.39 is 0 Å². The van der Waals surface area contributed by atoms with Crippen molar-refractivity contribution in [3.63, 3.8) is 0 Å². The first-order valence-corrected chi connectivity index (χ1v) is 17.8. The number of hydrogen-bond donors (Lipinski definition) is 2. The Morgan fingerprint density at radius 3 is 2.26 bits per heavy atom. The maximum absolute atomic E-state index is 13.6. The van der Waals surface area contributed by atoms with E-state index in [2.05, 4.69) is 65.8 Å². The quantitative estimate of drug-likeness (QED) is 0.0943. The lowest BCUT2D eigenvalue weighted by Gasteiger charge is -2.17. The molecule has 1 amide bonds. The summed E-state index contributed by atoms with van der Waals surface area (Å²) in [6.07, 6.45) is 2.49. The van der Waals surface area contributed by atoms with Crippen LogP contribution in [0.5, 0.6) is 0 Å². The number of carbonyl (C=O) groups is 2. The zero-order chi connectivity index (χ0) is 35.0. The Kier molecular flexibility index (Phi) is 11.1. The first-order chi connectivity index (χ1) is 24.3. The number of aryl methyl sites for hydroxylation is 3. The van der Waals surface area contributed by atoms with Crippen LogP contribution in [0.15, 0.2) is 115 Å². The molecule has 0 fully saturated rings. The Bertz CT molecular complexity index is 2090. The Balaban J connectivity index is 1.22. The summed E-state index contributed by atoms with van der Waals surface area (Å²) in [5.74, 6) is 1.06. The van der Waals surface area contributed by atoms with E-state index in [4.69, 9.17) is 9.72 Å². The molecule has 6 aromatic rings. The van der Waals surface area contributed by atoms with Crippen molar-refractivity contribution in [2.24, 2.45) is 0 Å². The van der Waals surface area contributed by atoms with Gasteiger partial charge in [-0.1, -0.05) is 110 Å². The van der Waals surface area contributed by atoms with Crippen molar-refractivity contribution in [2.45, 2.75) is 59.2 Å². The number of amides is 1. The fourth-order valence-electron chi connectivity index (χ4n) is 6.29. The van der Waals surface area contributed by atoms with Crippen LogP contribution < -0.4 is 5.32 Å². The van der Waals surface area contributed by atoms with Crippen LogP contribution >= 0.6 is 12.6 Å². The van der Waals surface area contributed by atoms with Crippen molar-refractivity contribution < 1.29 is 14.3 Å². The van der Waals surface area contributed by atoms with Crippen LogP contribution in [0.4, 0.5) is 0 Å². The highest BCUT2D eigenvalue weighted by Crippen LogP contribution is 2.28. The molecule has 1 N–H and O–H groups in total. The zero-order valence-corrected chi connectivity index (χ0v) is 29.8. The molecule has 0 saturated carbocycles. The summed E-state index contributed by atoms with van der Waals surface area (Å²) < 4.78 is 7.93. The van der Waals surface area contributed by atoms with Gasteiger partial charge in [0.1, 0.15) is 12.4 Å². The number of imidazole rings is 1. The molecular weight excluding hydrogens is 639 g/mol. The highest BCUT2D eigenvalue weighted by atomic mass is 32.1. The molecule has 0 radical (unpaired) electrons. The summed E-state index contributed by atoms with van der Waals surface area (Å²) in [4.78, 5) is 31.8. The molecule has 50 heavy (non-hydrogen) atoms. The van der Waals surface area contributed by atoms with Gasteiger partial charge < -0.3 is 14.6 Å². The minimum absolute atomic E-state index is 0.0940. The highest BCUT2D eigenvalue weighted by molar-refractivity contribution is 7.80. The molecule has 7 heteroatoms. The number of carbonyl (C=O) groups excluding carboxylic acids is 2. The standard InChI is InChI=1S/C43H43N3O3S/c1-4-10-40-45-41-30(3)23-35(42(47)44-36(28-50)24-31-11-6-5-7-12-31)25-39(41)46(40)26-32-19-21-34(22-20-32)37-13-8-9-14-38(37)43(48)49-27-33-17-15-29(2)16-18-33/h5-9,11-23,25,36,50H,4,10,24,26-28H2,1-3H3,(H,44,47)/t36-/m1/s1. The van der Waals surface area contributed by atoms with Crippen LogP contribution in [0.1, 0.15) is 67.7 Å². The smallest absolute Gasteiger partial charge is 0.339 e. The lowest BCUT2D eigenvalue weighted by Crippen LogP contribution is -2.37. The number of nitrogens with zero attached hydrogens (tertiary/aromatic N) is 2. The number of aromatic nitrogens is 2. The van der Waals surface area contributed by atoms with Gasteiger partial charge in [-0.05, 0) is 78.3 Å². The van der Waals surface area contributed by atoms with Gasteiger partial charge in [0.25, 0.3) is 5.91 Å². The van der Waals surface area contributed by atoms with Crippen molar-refractivity contribution in [2.75, 3.05) is 5.75 Å². The van der Waals surface area contributed by atoms with Crippen LogP contribution in [0, 0.1) is 13.8 Å². The van der Waals surface area contributed by atoms with E-state index in [-0.39, 0.29) is 24.5 Å². The van der Waals surface area contributed by atoms with Gasteiger partial charge in [0.15, 0.2) is 0 Å². The predicted molar refractivity (Wildman–Crippen MR) is 205 cm³/mol. The van der Waals surface area contributed by atoms with Gasteiger partial charge in [0, 0.05) is 30.3 Å². The summed E-state index contributed by atoms with van der Waals surface area (Å²) in [5.41, 5.74) is 10.1. The zero-order valence-electron chi connectivity index (χ0n) is 28.9. The normalized spacial score (nSPS) is 11.8. The number of fused-ring (bicyclic) bond motifs is 1. The largest absolute Gasteiger partial charge is 0.457 e. The summed E-state index contributed by atoms with van der Waals surface area (Å²) in [5, 5.41) is 3.20. The van der Waals surface area contributed by atoms with Crippen molar-refractivity contribution in [3.05, 3.63) is 160 Å². The minimum atomic E-state index is -0.352. The Morgan fingerprint density at radius 1 is 0.840 bits per heavy atom. The van der Waals surface area contributed by atoms with Crippen LogP contribution in [0.25, 0.3) is 22.2 Å². The molecule has 0 bridgehead atoms. The second kappa shape index (κ2) is 16.0. The molecule has 0 unspecified atom stereocenters. The molecule has 0 saturated heterocycles. The number of benzene rings is 5. The van der Waals surface area contributed by atoms with E-state index in [0.29, 0.717) is 29.8 Å². The van der Waals surface area contributed by atoms with E-state index in [9.17, 15) is 9.59 Å². The molecule has 0 aliphatic rings. The second-order valence-electron chi connectivity index (χ2n) is 12.9. The van der Waals surface area contributed by atoms with E-state index in [1.165, 1.54) is 0 Å². The fraction of sp³-hybridized carbons (Fsp3) is 0.233. The Labute approximate surface area is 300 Å². The maximum atomic E-state index is 13.6. The number of esters is 1. The molecular formula is C43H43N3O3S. The number of thiol groups is 1. The van der Waals surface area contributed by atoms with Gasteiger partial charge in [0.2, 0.25) is 0 Å². The predicted octanol–water partition coefficient (Wildman–Crippen LogP) is 8.95. The topological polar surface area (TPSA) is 73.2 Å². The van der Waals surface area contributed by atoms with Crippen molar-refractivity contribution in [3.8, 4) is 11.1 Å². The molecule has 1 aromatic heterocycles. The monoisotopic (exact) mass is 681 g/mol. The molecule has 254 valence electrons. The number of ether oxygens (including phenoxy) is 1. The van der Waals surface area contributed by atoms with E-state index >= 15 is 0 Å². The first kappa shape index (κ1) is 34.7. The third-order valence-electron chi connectivity index (χ3n) is 8.98. The maximum Gasteiger partial charge on any atom is 0.339 e. The van der Waals surface area contributed by atoms with Crippen molar-refractivity contribution in [1.29, 1.82) is 0 Å². The summed E-state index contributed by atoms with van der Waals surface area (Å²) in [6.45, 7) is 7.02. The van der Waals surface area contributed by atoms with Crippen LogP contribution in [-0.4, -0.2) is 33.2 Å². The van der Waals surface area contributed by atoms with Gasteiger partial charge in [-0.25, -0.2) is 9.78 Å². The first-order valence-electron chi connectivity index (χ1n) is 17.2. The number of hydrogen-bond acceptors (Lipinski definition) is 5. The molecule has 0 aliphatic heterocycles. The molecule has 5 aromatic carbocycles. The van der Waals surface area contributed by atoms with E-state index in [1.54, 1.807) is 0 Å². The average molecular weight is 682 g/mol. The molecule has 0 spiro atoms. The van der Waals surface area contributed by atoms with Crippen LogP contribution in [0.2, 0.25) is 0 Å². The van der Waals surface area contributed by atoms with Crippen molar-refractivity contribution >= 4 is 35.5 Å². The van der Waals surface area contributed by atoms with E-state index in [1.807, 2.05) is 92.7 Å². The van der Waals surface area contributed by atoms with Gasteiger partial charge in [-0.3, -0.25) is 4.79 Å². The van der Waals surface area contributed by atoms with E-state index in [0.717, 1.165) is 68.6 Å². The van der Waals surface area contributed by atoms with Crippen LogP contribution in [-0.2, 0) is 30.7 Å². The third-order valence-corrected chi connectivity index (χ3v) is 9.42. The molecule has 6 rings (SSSR count). The minimum Gasteiger partial charge on any atom is -0.457 e. The summed E-state index contributed by atoms with van der Waals surface area (Å²) >= 11 is 4.53.